The van der Waals surface area contributed by atoms with Crippen LogP contribution in [0.4, 0.5) is 10.1 Å². The Balaban J connectivity index is 0.00000126. The lowest BCUT2D eigenvalue weighted by atomic mass is 10.1. The minimum atomic E-state index is -0.622. The Kier molecular flexibility index (Phi) is 7.49. The van der Waals surface area contributed by atoms with Gasteiger partial charge in [-0.15, -0.1) is 11.3 Å². The molecule has 3 rings (SSSR count). The molecule has 0 aliphatic carbocycles. The van der Waals surface area contributed by atoms with Crippen LogP contribution in [-0.2, 0) is 6.42 Å². The number of aryl methyl sites for hydroxylation is 1. The van der Waals surface area contributed by atoms with E-state index < -0.39 is 11.7 Å². The van der Waals surface area contributed by atoms with Crippen LogP contribution >= 0.6 is 11.3 Å². The Bertz CT molecular complexity index is 891. The number of benzene rings is 2. The minimum absolute atomic E-state index is 0.0306. The summed E-state index contributed by atoms with van der Waals surface area (Å²) in [7, 11) is 1.45. The van der Waals surface area contributed by atoms with E-state index in [-0.39, 0.29) is 5.56 Å². The van der Waals surface area contributed by atoms with E-state index in [0.717, 1.165) is 22.7 Å². The van der Waals surface area contributed by atoms with Crippen molar-refractivity contribution in [1.82, 2.24) is 4.98 Å². The van der Waals surface area contributed by atoms with Gasteiger partial charge in [-0.3, -0.25) is 4.79 Å². The molecule has 27 heavy (non-hydrogen) atoms. The van der Waals surface area contributed by atoms with Gasteiger partial charge in [0, 0.05) is 22.7 Å². The lowest BCUT2D eigenvalue weighted by Crippen LogP contribution is -2.13. The van der Waals surface area contributed by atoms with Crippen LogP contribution in [0.3, 0.4) is 0 Å². The molecule has 0 bridgehead atoms. The van der Waals surface area contributed by atoms with Crippen molar-refractivity contribution in [3.05, 3.63) is 64.2 Å². The molecule has 0 spiro atoms. The van der Waals surface area contributed by atoms with E-state index in [4.69, 9.17) is 4.74 Å². The third-order valence-electron chi connectivity index (χ3n) is 3.71. The SMILES string of the molecule is CC.CCc1nc(-c2ccc(NC(=O)c3ccc(OC)cc3F)cc2)cs1. The van der Waals surface area contributed by atoms with Gasteiger partial charge in [0.15, 0.2) is 0 Å². The molecule has 3 aromatic rings. The summed E-state index contributed by atoms with van der Waals surface area (Å²) >= 11 is 1.63. The van der Waals surface area contributed by atoms with Crippen molar-refractivity contribution < 1.29 is 13.9 Å². The molecule has 4 nitrogen and oxygen atoms in total. The lowest BCUT2D eigenvalue weighted by molar-refractivity contribution is 0.102. The monoisotopic (exact) mass is 386 g/mol. The first kappa shape index (κ1) is 20.6. The van der Waals surface area contributed by atoms with Crippen molar-refractivity contribution in [3.8, 4) is 17.0 Å². The number of nitrogens with zero attached hydrogens (tertiary/aromatic N) is 1. The highest BCUT2D eigenvalue weighted by atomic mass is 32.1. The van der Waals surface area contributed by atoms with E-state index in [0.29, 0.717) is 11.4 Å². The van der Waals surface area contributed by atoms with Crippen molar-refractivity contribution >= 4 is 22.9 Å². The number of thiazole rings is 1. The van der Waals surface area contributed by atoms with Gasteiger partial charge < -0.3 is 10.1 Å². The van der Waals surface area contributed by atoms with Gasteiger partial charge in [0.25, 0.3) is 5.91 Å². The maximum atomic E-state index is 14.0. The molecule has 0 atom stereocenters. The fraction of sp³-hybridized carbons (Fsp3) is 0.238. The highest BCUT2D eigenvalue weighted by molar-refractivity contribution is 7.09. The zero-order valence-corrected chi connectivity index (χ0v) is 16.7. The molecule has 0 radical (unpaired) electrons. The Morgan fingerprint density at radius 1 is 1.19 bits per heavy atom. The van der Waals surface area contributed by atoms with Gasteiger partial charge in [-0.2, -0.15) is 0 Å². The van der Waals surface area contributed by atoms with Crippen LogP contribution in [0, 0.1) is 5.82 Å². The van der Waals surface area contributed by atoms with Crippen molar-refractivity contribution in [2.24, 2.45) is 0 Å². The molecule has 0 aliphatic heterocycles. The summed E-state index contributed by atoms with van der Waals surface area (Å²) in [5.41, 5.74) is 2.46. The van der Waals surface area contributed by atoms with Gasteiger partial charge in [0.05, 0.1) is 23.4 Å². The van der Waals surface area contributed by atoms with E-state index in [1.807, 2.05) is 31.4 Å². The minimum Gasteiger partial charge on any atom is -0.497 e. The Hall–Kier alpha value is -2.73. The smallest absolute Gasteiger partial charge is 0.258 e. The number of methoxy groups -OCH3 is 1. The molecular weight excluding hydrogens is 363 g/mol. The molecule has 1 N–H and O–H groups in total. The maximum absolute atomic E-state index is 14.0. The number of carbonyl (C=O) groups is 1. The van der Waals surface area contributed by atoms with Crippen molar-refractivity contribution in [1.29, 1.82) is 0 Å². The molecule has 0 aliphatic rings. The maximum Gasteiger partial charge on any atom is 0.258 e. The average molecular weight is 386 g/mol. The number of aromatic nitrogens is 1. The number of halogens is 1. The van der Waals surface area contributed by atoms with Crippen molar-refractivity contribution in [2.75, 3.05) is 12.4 Å². The number of ether oxygens (including phenoxy) is 1. The van der Waals surface area contributed by atoms with E-state index in [9.17, 15) is 9.18 Å². The highest BCUT2D eigenvalue weighted by Crippen LogP contribution is 2.24. The Labute approximate surface area is 163 Å². The standard InChI is InChI=1S/C19H17FN2O2S.C2H6/c1-3-18-22-17(11-25-18)12-4-6-13(7-5-12)21-19(23)15-9-8-14(24-2)10-16(15)20;1-2/h4-11H,3H2,1-2H3,(H,21,23);1-2H3. The van der Waals surface area contributed by atoms with E-state index in [1.165, 1.54) is 19.2 Å². The first-order valence-electron chi connectivity index (χ1n) is 8.80. The van der Waals surface area contributed by atoms with Gasteiger partial charge in [0.2, 0.25) is 0 Å². The summed E-state index contributed by atoms with van der Waals surface area (Å²) in [5.74, 6) is -0.758. The predicted octanol–water partition coefficient (Wildman–Crippen LogP) is 5.80. The fourth-order valence-corrected chi connectivity index (χ4v) is 3.09. The van der Waals surface area contributed by atoms with Crippen molar-refractivity contribution in [3.63, 3.8) is 0 Å². The molecule has 2 aromatic carbocycles. The average Bonchev–Trinajstić information content (AvgIpc) is 3.19. The van der Waals surface area contributed by atoms with Gasteiger partial charge >= 0.3 is 0 Å². The third-order valence-corrected chi connectivity index (χ3v) is 4.71. The second-order valence-corrected chi connectivity index (χ2v) is 6.30. The number of rotatable bonds is 5. The van der Waals surface area contributed by atoms with Crippen LogP contribution in [0.5, 0.6) is 5.75 Å². The zero-order valence-electron chi connectivity index (χ0n) is 15.9. The largest absolute Gasteiger partial charge is 0.497 e. The van der Waals surface area contributed by atoms with Crippen LogP contribution in [-0.4, -0.2) is 18.0 Å². The van der Waals surface area contributed by atoms with Crippen LogP contribution in [0.1, 0.15) is 36.1 Å². The molecule has 1 heterocycles. The normalized spacial score (nSPS) is 9.96. The summed E-state index contributed by atoms with van der Waals surface area (Å²) in [6, 6.07) is 11.5. The number of hydrogen-bond donors (Lipinski definition) is 1. The van der Waals surface area contributed by atoms with Crippen LogP contribution in [0.15, 0.2) is 47.8 Å². The lowest BCUT2D eigenvalue weighted by Gasteiger charge is -2.08. The summed E-state index contributed by atoms with van der Waals surface area (Å²) in [6.07, 6.45) is 0.909. The van der Waals surface area contributed by atoms with E-state index >= 15 is 0 Å². The summed E-state index contributed by atoms with van der Waals surface area (Å²) in [5, 5.41) is 5.79. The van der Waals surface area contributed by atoms with Crippen LogP contribution in [0.2, 0.25) is 0 Å². The van der Waals surface area contributed by atoms with Gasteiger partial charge in [-0.25, -0.2) is 9.37 Å². The molecule has 6 heteroatoms. The second-order valence-electron chi connectivity index (χ2n) is 5.36. The molecule has 0 fully saturated rings. The van der Waals surface area contributed by atoms with Crippen molar-refractivity contribution in [2.45, 2.75) is 27.2 Å². The Morgan fingerprint density at radius 3 is 2.44 bits per heavy atom. The molecule has 1 amide bonds. The second kappa shape index (κ2) is 9.83. The summed E-state index contributed by atoms with van der Waals surface area (Å²) in [4.78, 5) is 16.8. The van der Waals surface area contributed by atoms with E-state index in [2.05, 4.69) is 17.2 Å². The Morgan fingerprint density at radius 2 is 1.89 bits per heavy atom. The quantitative estimate of drug-likeness (QED) is 0.603. The first-order valence-corrected chi connectivity index (χ1v) is 9.68. The first-order chi connectivity index (χ1) is 13.1. The molecule has 142 valence electrons. The summed E-state index contributed by atoms with van der Waals surface area (Å²) < 4.78 is 18.9. The molecule has 1 aromatic heterocycles. The highest BCUT2D eigenvalue weighted by Gasteiger charge is 2.13. The number of nitrogens with one attached hydrogen (secondary N) is 1. The topological polar surface area (TPSA) is 51.2 Å². The van der Waals surface area contributed by atoms with Gasteiger partial charge in [-0.1, -0.05) is 32.9 Å². The number of amides is 1. The fourth-order valence-electron chi connectivity index (χ4n) is 2.34. The van der Waals surface area contributed by atoms with E-state index in [1.54, 1.807) is 29.5 Å². The number of hydrogen-bond acceptors (Lipinski definition) is 4. The summed E-state index contributed by atoms with van der Waals surface area (Å²) in [6.45, 7) is 6.07. The van der Waals surface area contributed by atoms with Crippen LogP contribution < -0.4 is 10.1 Å². The zero-order chi connectivity index (χ0) is 19.8. The molecule has 0 saturated heterocycles. The van der Waals surface area contributed by atoms with Gasteiger partial charge in [0.1, 0.15) is 11.6 Å². The van der Waals surface area contributed by atoms with Crippen LogP contribution in [0.25, 0.3) is 11.3 Å². The molecular formula is C21H23FN2O2S. The number of anilines is 1. The number of carbonyl (C=O) groups excluding carboxylic acids is 1. The molecule has 0 unspecified atom stereocenters. The predicted molar refractivity (Wildman–Crippen MR) is 109 cm³/mol. The van der Waals surface area contributed by atoms with Gasteiger partial charge in [-0.05, 0) is 30.7 Å². The third kappa shape index (κ3) is 5.14. The molecule has 0 saturated carbocycles.